The molecule has 0 spiro atoms. The third kappa shape index (κ3) is 2.23. The minimum absolute atomic E-state index is 0.268. The summed E-state index contributed by atoms with van der Waals surface area (Å²) in [4.78, 5) is 2.47. The van der Waals surface area contributed by atoms with Crippen molar-refractivity contribution in [3.63, 3.8) is 0 Å². The Balaban J connectivity index is 1.99. The number of nitrogens with zero attached hydrogens (tertiary/aromatic N) is 1. The van der Waals surface area contributed by atoms with Gasteiger partial charge in [0, 0.05) is 29.4 Å². The fourth-order valence-corrected chi connectivity index (χ4v) is 6.49. The van der Waals surface area contributed by atoms with E-state index < -0.39 is 10.0 Å². The summed E-state index contributed by atoms with van der Waals surface area (Å²) in [7, 11) is -3.44. The monoisotopic (exact) mass is 328 g/mol. The molecule has 0 amide bonds. The number of rotatable bonds is 3. The molecule has 0 radical (unpaired) electrons. The first-order valence-electron chi connectivity index (χ1n) is 6.36. The second-order valence-electron chi connectivity index (χ2n) is 4.83. The Labute approximate surface area is 126 Å². The van der Waals surface area contributed by atoms with Crippen molar-refractivity contribution in [3.05, 3.63) is 37.7 Å². The lowest BCUT2D eigenvalue weighted by Crippen LogP contribution is -2.36. The summed E-state index contributed by atoms with van der Waals surface area (Å²) in [5.74, 6) is 0. The van der Waals surface area contributed by atoms with Crippen LogP contribution in [0.15, 0.2) is 21.7 Å². The molecule has 0 atom stereocenters. The second-order valence-corrected chi connectivity index (χ2v) is 8.67. The van der Waals surface area contributed by atoms with E-state index in [9.17, 15) is 8.42 Å². The van der Waals surface area contributed by atoms with E-state index >= 15 is 0 Å². The third-order valence-electron chi connectivity index (χ3n) is 3.55. The molecule has 0 saturated carbocycles. The Bertz CT molecular complexity index is 731. The number of aryl methyl sites for hydroxylation is 1. The van der Waals surface area contributed by atoms with Crippen LogP contribution in [0.5, 0.6) is 0 Å². The summed E-state index contributed by atoms with van der Waals surface area (Å²) in [6.07, 6.45) is 0.799. The minimum Gasteiger partial charge on any atom is -0.326 e. The maximum Gasteiger partial charge on any atom is 0.244 e. The molecule has 0 aromatic carbocycles. The molecular formula is C13H16N2O2S3. The molecule has 2 aromatic heterocycles. The van der Waals surface area contributed by atoms with Gasteiger partial charge < -0.3 is 5.73 Å². The summed E-state index contributed by atoms with van der Waals surface area (Å²) >= 11 is 3.13. The summed E-state index contributed by atoms with van der Waals surface area (Å²) in [5, 5.41) is 3.90. The first kappa shape index (κ1) is 14.2. The number of thiophene rings is 2. The second kappa shape index (κ2) is 5.23. The Hall–Kier alpha value is -0.730. The molecule has 0 saturated heterocycles. The van der Waals surface area contributed by atoms with E-state index in [4.69, 9.17) is 5.73 Å². The average Bonchev–Trinajstić information content (AvgIpc) is 3.03. The number of nitrogens with two attached hydrogens (primary N) is 1. The average molecular weight is 328 g/mol. The van der Waals surface area contributed by atoms with Gasteiger partial charge in [0.1, 0.15) is 4.90 Å². The smallest absolute Gasteiger partial charge is 0.244 e. The standard InChI is InChI=1S/C13H16N2O2S3/c1-9-8-19-12(6-14)13(9)20(16,17)15-4-2-11-10(7-15)3-5-18-11/h3,5,8H,2,4,6-7,14H2,1H3. The molecule has 1 aliphatic heterocycles. The molecule has 0 bridgehead atoms. The van der Waals surface area contributed by atoms with Gasteiger partial charge in [-0.1, -0.05) is 0 Å². The van der Waals surface area contributed by atoms with Crippen molar-refractivity contribution in [2.24, 2.45) is 5.73 Å². The quantitative estimate of drug-likeness (QED) is 0.940. The van der Waals surface area contributed by atoms with Gasteiger partial charge in [-0.05, 0) is 41.3 Å². The molecule has 0 unspecified atom stereocenters. The van der Waals surface area contributed by atoms with Gasteiger partial charge in [0.15, 0.2) is 0 Å². The van der Waals surface area contributed by atoms with Crippen molar-refractivity contribution >= 4 is 32.7 Å². The molecule has 7 heteroatoms. The highest BCUT2D eigenvalue weighted by Gasteiger charge is 2.32. The van der Waals surface area contributed by atoms with Gasteiger partial charge in [0.05, 0.1) is 0 Å². The fourth-order valence-electron chi connectivity index (χ4n) is 2.53. The van der Waals surface area contributed by atoms with Crippen molar-refractivity contribution in [1.29, 1.82) is 0 Å². The van der Waals surface area contributed by atoms with Crippen LogP contribution >= 0.6 is 22.7 Å². The molecule has 0 aliphatic carbocycles. The maximum atomic E-state index is 12.9. The molecule has 0 fully saturated rings. The Morgan fingerprint density at radius 1 is 1.40 bits per heavy atom. The lowest BCUT2D eigenvalue weighted by Gasteiger charge is -2.26. The summed E-state index contributed by atoms with van der Waals surface area (Å²) in [6, 6.07) is 2.02. The van der Waals surface area contributed by atoms with Crippen LogP contribution in [0.4, 0.5) is 0 Å². The summed E-state index contributed by atoms with van der Waals surface area (Å²) in [5.41, 5.74) is 7.61. The van der Waals surface area contributed by atoms with Crippen molar-refractivity contribution < 1.29 is 8.42 Å². The Morgan fingerprint density at radius 2 is 2.20 bits per heavy atom. The summed E-state index contributed by atoms with van der Waals surface area (Å²) < 4.78 is 27.3. The zero-order valence-electron chi connectivity index (χ0n) is 11.1. The molecular weight excluding hydrogens is 312 g/mol. The SMILES string of the molecule is Cc1csc(CN)c1S(=O)(=O)N1CCc2sccc2C1. The van der Waals surface area contributed by atoms with Crippen molar-refractivity contribution in [3.8, 4) is 0 Å². The van der Waals surface area contributed by atoms with Crippen LogP contribution < -0.4 is 5.73 Å². The molecule has 3 heterocycles. The first-order valence-corrected chi connectivity index (χ1v) is 9.56. The van der Waals surface area contributed by atoms with Crippen LogP contribution in [0, 0.1) is 6.92 Å². The largest absolute Gasteiger partial charge is 0.326 e. The zero-order valence-corrected chi connectivity index (χ0v) is 13.6. The normalized spacial score (nSPS) is 16.3. The number of hydrogen-bond donors (Lipinski definition) is 1. The maximum absolute atomic E-state index is 12.9. The molecule has 2 N–H and O–H groups in total. The number of hydrogen-bond acceptors (Lipinski definition) is 5. The van der Waals surface area contributed by atoms with Gasteiger partial charge in [0.25, 0.3) is 0 Å². The first-order chi connectivity index (χ1) is 9.54. The van der Waals surface area contributed by atoms with Crippen molar-refractivity contribution in [2.75, 3.05) is 6.54 Å². The van der Waals surface area contributed by atoms with Gasteiger partial charge in [-0.2, -0.15) is 4.31 Å². The minimum atomic E-state index is -3.44. The number of sulfonamides is 1. The van der Waals surface area contributed by atoms with Crippen LogP contribution in [-0.4, -0.2) is 19.3 Å². The van der Waals surface area contributed by atoms with Crippen LogP contribution in [0.25, 0.3) is 0 Å². The van der Waals surface area contributed by atoms with Crippen LogP contribution in [0.2, 0.25) is 0 Å². The predicted octanol–water partition coefficient (Wildman–Crippen LogP) is 2.32. The van der Waals surface area contributed by atoms with E-state index in [1.807, 2.05) is 23.8 Å². The number of fused-ring (bicyclic) bond motifs is 1. The molecule has 4 nitrogen and oxygen atoms in total. The highest BCUT2D eigenvalue weighted by atomic mass is 32.2. The van der Waals surface area contributed by atoms with E-state index in [2.05, 4.69) is 0 Å². The van der Waals surface area contributed by atoms with Crippen LogP contribution in [-0.2, 0) is 29.5 Å². The van der Waals surface area contributed by atoms with E-state index in [0.29, 0.717) is 18.0 Å². The van der Waals surface area contributed by atoms with E-state index in [1.54, 1.807) is 15.6 Å². The lowest BCUT2D eigenvalue weighted by molar-refractivity contribution is 0.393. The third-order valence-corrected chi connectivity index (χ3v) is 7.90. The molecule has 108 valence electrons. The van der Waals surface area contributed by atoms with Crippen molar-refractivity contribution in [2.45, 2.75) is 31.3 Å². The highest BCUT2D eigenvalue weighted by Crippen LogP contribution is 2.33. The molecule has 3 rings (SSSR count). The lowest BCUT2D eigenvalue weighted by atomic mass is 10.1. The van der Waals surface area contributed by atoms with E-state index in [0.717, 1.165) is 22.4 Å². The predicted molar refractivity (Wildman–Crippen MR) is 82.6 cm³/mol. The van der Waals surface area contributed by atoms with Crippen LogP contribution in [0.1, 0.15) is 20.9 Å². The van der Waals surface area contributed by atoms with Gasteiger partial charge in [-0.15, -0.1) is 22.7 Å². The highest BCUT2D eigenvalue weighted by molar-refractivity contribution is 7.89. The van der Waals surface area contributed by atoms with Gasteiger partial charge in [-0.3, -0.25) is 0 Å². The van der Waals surface area contributed by atoms with Crippen LogP contribution in [0.3, 0.4) is 0 Å². The summed E-state index contributed by atoms with van der Waals surface area (Å²) in [6.45, 7) is 3.13. The molecule has 20 heavy (non-hydrogen) atoms. The zero-order chi connectivity index (χ0) is 14.3. The topological polar surface area (TPSA) is 63.4 Å². The molecule has 1 aliphatic rings. The fraction of sp³-hybridized carbons (Fsp3) is 0.385. The Kier molecular flexibility index (Phi) is 3.72. The Morgan fingerprint density at radius 3 is 2.95 bits per heavy atom. The van der Waals surface area contributed by atoms with Gasteiger partial charge in [0.2, 0.25) is 10.0 Å². The van der Waals surface area contributed by atoms with Gasteiger partial charge >= 0.3 is 0 Å². The van der Waals surface area contributed by atoms with E-state index in [-0.39, 0.29) is 6.54 Å². The van der Waals surface area contributed by atoms with E-state index in [1.165, 1.54) is 16.2 Å². The van der Waals surface area contributed by atoms with Crippen molar-refractivity contribution in [1.82, 2.24) is 4.31 Å². The molecule has 2 aromatic rings. The van der Waals surface area contributed by atoms with Gasteiger partial charge in [-0.25, -0.2) is 8.42 Å².